The van der Waals surface area contributed by atoms with E-state index in [2.05, 4.69) is 57.7 Å². The van der Waals surface area contributed by atoms with Gasteiger partial charge in [-0.3, -0.25) is 14.7 Å². The Bertz CT molecular complexity index is 1030. The van der Waals surface area contributed by atoms with Gasteiger partial charge in [-0.05, 0) is 54.0 Å². The molecule has 5 rings (SSSR count). The van der Waals surface area contributed by atoms with Crippen molar-refractivity contribution >= 4 is 17.2 Å². The van der Waals surface area contributed by atoms with Gasteiger partial charge >= 0.3 is 0 Å². The first kappa shape index (κ1) is 20.2. The lowest BCUT2D eigenvalue weighted by atomic mass is 9.95. The maximum atomic E-state index is 12.1. The molecule has 2 aliphatic rings. The van der Waals surface area contributed by atoms with Crippen LogP contribution in [0.4, 0.5) is 0 Å². The topological polar surface area (TPSA) is 54.5 Å². The van der Waals surface area contributed by atoms with Crippen molar-refractivity contribution < 1.29 is 9.53 Å². The molecule has 1 aromatic heterocycles. The molecule has 5 nitrogen and oxygen atoms in total. The molecule has 3 aromatic rings. The van der Waals surface area contributed by atoms with Crippen LogP contribution in [0.15, 0.2) is 54.2 Å². The zero-order valence-electron chi connectivity index (χ0n) is 17.5. The Hall–Kier alpha value is -2.70. The molecule has 31 heavy (non-hydrogen) atoms. The molecule has 1 saturated carbocycles. The number of nitrogens with one attached hydrogen (secondary N) is 1. The summed E-state index contributed by atoms with van der Waals surface area (Å²) in [4.78, 5) is 19.1. The zero-order chi connectivity index (χ0) is 21.0. The van der Waals surface area contributed by atoms with Gasteiger partial charge in [-0.25, -0.2) is 0 Å². The molecule has 0 unspecified atom stereocenters. The Morgan fingerprint density at radius 3 is 2.74 bits per heavy atom. The third-order valence-corrected chi connectivity index (χ3v) is 6.96. The van der Waals surface area contributed by atoms with Gasteiger partial charge in [0.25, 0.3) is 5.91 Å². The Morgan fingerprint density at radius 1 is 1.16 bits per heavy atom. The lowest BCUT2D eigenvalue weighted by Crippen LogP contribution is -2.31. The monoisotopic (exact) mass is 433 g/mol. The van der Waals surface area contributed by atoms with Crippen LogP contribution >= 0.6 is 11.3 Å². The number of thiazole rings is 1. The second-order valence-corrected chi connectivity index (χ2v) is 9.28. The van der Waals surface area contributed by atoms with Gasteiger partial charge in [0.05, 0.1) is 17.8 Å². The number of benzene rings is 2. The van der Waals surface area contributed by atoms with E-state index in [0.29, 0.717) is 17.5 Å². The second kappa shape index (κ2) is 9.20. The second-order valence-electron chi connectivity index (χ2n) is 8.39. The fourth-order valence-electron chi connectivity index (χ4n) is 4.16. The Labute approximate surface area is 187 Å². The van der Waals surface area contributed by atoms with E-state index in [4.69, 9.17) is 4.74 Å². The van der Waals surface area contributed by atoms with E-state index in [9.17, 15) is 4.79 Å². The third-order valence-electron chi connectivity index (χ3n) is 6.19. The fraction of sp³-hybridized carbons (Fsp3) is 0.360. The van der Waals surface area contributed by atoms with Crippen molar-refractivity contribution in [2.45, 2.75) is 51.4 Å². The molecule has 0 bridgehead atoms. The van der Waals surface area contributed by atoms with Gasteiger partial charge in [-0.2, -0.15) is 0 Å². The summed E-state index contributed by atoms with van der Waals surface area (Å²) in [5.74, 6) is 1.03. The molecule has 160 valence electrons. The molecule has 0 spiro atoms. The van der Waals surface area contributed by atoms with Crippen LogP contribution in [-0.4, -0.2) is 28.4 Å². The zero-order valence-corrected chi connectivity index (χ0v) is 18.4. The van der Waals surface area contributed by atoms with Crippen molar-refractivity contribution in [3.8, 4) is 5.75 Å². The maximum absolute atomic E-state index is 12.1. The minimum absolute atomic E-state index is 0.0702. The number of aromatic nitrogens is 1. The molecule has 0 radical (unpaired) electrons. The highest BCUT2D eigenvalue weighted by atomic mass is 32.1. The van der Waals surface area contributed by atoms with Crippen LogP contribution in [-0.2, 0) is 26.1 Å². The van der Waals surface area contributed by atoms with Gasteiger partial charge < -0.3 is 10.1 Å². The average Bonchev–Trinajstić information content (AvgIpc) is 3.30. The number of carbonyl (C=O) groups excluding carboxylic acids is 1. The van der Waals surface area contributed by atoms with E-state index < -0.39 is 0 Å². The predicted octanol–water partition coefficient (Wildman–Crippen LogP) is 4.56. The van der Waals surface area contributed by atoms with Crippen LogP contribution in [0.5, 0.6) is 5.75 Å². The number of rotatable bonds is 7. The normalized spacial score (nSPS) is 16.4. The van der Waals surface area contributed by atoms with Gasteiger partial charge in [0.1, 0.15) is 10.6 Å². The molecule has 6 heteroatoms. The van der Waals surface area contributed by atoms with Crippen LogP contribution in [0.2, 0.25) is 0 Å². The number of amides is 1. The van der Waals surface area contributed by atoms with Crippen molar-refractivity contribution in [1.82, 2.24) is 15.2 Å². The number of hydrogen-bond acceptors (Lipinski definition) is 5. The van der Waals surface area contributed by atoms with Gasteiger partial charge in [0.2, 0.25) is 0 Å². The van der Waals surface area contributed by atoms with E-state index >= 15 is 0 Å². The summed E-state index contributed by atoms with van der Waals surface area (Å²) < 4.78 is 6.23. The SMILES string of the molecule is O=C(NCc1ccc(CN2CCc3c(cccc3OC3CCC3)C2)cc1)c1cncs1. The highest BCUT2D eigenvalue weighted by Gasteiger charge is 2.24. The van der Waals surface area contributed by atoms with Crippen molar-refractivity contribution in [2.75, 3.05) is 6.54 Å². The molecular weight excluding hydrogens is 406 g/mol. The van der Waals surface area contributed by atoms with Crippen LogP contribution in [0.3, 0.4) is 0 Å². The number of nitrogens with zero attached hydrogens (tertiary/aromatic N) is 2. The van der Waals surface area contributed by atoms with Gasteiger partial charge in [-0.15, -0.1) is 11.3 Å². The summed E-state index contributed by atoms with van der Waals surface area (Å²) in [7, 11) is 0. The van der Waals surface area contributed by atoms with Gasteiger partial charge in [0, 0.05) is 26.2 Å². The maximum Gasteiger partial charge on any atom is 0.263 e. The first-order valence-corrected chi connectivity index (χ1v) is 11.9. The number of carbonyl (C=O) groups is 1. The summed E-state index contributed by atoms with van der Waals surface area (Å²) in [6.07, 6.45) is 6.75. The highest BCUT2D eigenvalue weighted by Crippen LogP contribution is 2.32. The van der Waals surface area contributed by atoms with E-state index in [1.807, 2.05) is 0 Å². The summed E-state index contributed by atoms with van der Waals surface area (Å²) in [5.41, 5.74) is 6.86. The molecule has 0 atom stereocenters. The molecule has 1 aliphatic carbocycles. The number of fused-ring (bicyclic) bond motifs is 1. The van der Waals surface area contributed by atoms with Crippen molar-refractivity contribution in [2.24, 2.45) is 0 Å². The first-order valence-electron chi connectivity index (χ1n) is 11.0. The minimum atomic E-state index is -0.0702. The molecule has 2 aromatic carbocycles. The Morgan fingerprint density at radius 2 is 2.00 bits per heavy atom. The van der Waals surface area contributed by atoms with Gasteiger partial charge in [-0.1, -0.05) is 36.4 Å². The molecule has 0 saturated heterocycles. The summed E-state index contributed by atoms with van der Waals surface area (Å²) in [5, 5.41) is 2.95. The standard InChI is InChI=1S/C25H27N3O2S/c29-25(24-14-26-17-31-24)27-13-18-7-9-19(10-8-18)15-28-12-11-22-20(16-28)3-1-6-23(22)30-21-4-2-5-21/h1,3,6-10,14,17,21H,2,4-5,11-13,15-16H2,(H,27,29). The Kier molecular flexibility index (Phi) is 6.00. The van der Waals surface area contributed by atoms with Crippen LogP contribution < -0.4 is 10.1 Å². The van der Waals surface area contributed by atoms with E-state index in [1.54, 1.807) is 11.7 Å². The fourth-order valence-corrected chi connectivity index (χ4v) is 4.70. The first-order chi connectivity index (χ1) is 15.2. The molecule has 1 aliphatic heterocycles. The lowest BCUT2D eigenvalue weighted by molar-refractivity contribution is 0.0954. The largest absolute Gasteiger partial charge is 0.490 e. The van der Waals surface area contributed by atoms with Gasteiger partial charge in [0.15, 0.2) is 0 Å². The summed E-state index contributed by atoms with van der Waals surface area (Å²) in [6, 6.07) is 15.0. The molecule has 1 amide bonds. The number of ether oxygens (including phenoxy) is 1. The van der Waals surface area contributed by atoms with Crippen LogP contribution in [0.1, 0.15) is 51.2 Å². The third kappa shape index (κ3) is 4.81. The van der Waals surface area contributed by atoms with Crippen molar-refractivity contribution in [1.29, 1.82) is 0 Å². The highest BCUT2D eigenvalue weighted by molar-refractivity contribution is 7.11. The summed E-state index contributed by atoms with van der Waals surface area (Å²) in [6.45, 7) is 3.47. The van der Waals surface area contributed by atoms with E-state index in [0.717, 1.165) is 37.4 Å². The molecule has 1 N–H and O–H groups in total. The lowest BCUT2D eigenvalue weighted by Gasteiger charge is -2.32. The number of hydrogen-bond donors (Lipinski definition) is 1. The van der Waals surface area contributed by atoms with Crippen LogP contribution in [0, 0.1) is 0 Å². The molecule has 1 fully saturated rings. The van der Waals surface area contributed by atoms with Crippen molar-refractivity contribution in [3.63, 3.8) is 0 Å². The Balaban J connectivity index is 1.16. The molecular formula is C25H27N3O2S. The van der Waals surface area contributed by atoms with E-state index in [-0.39, 0.29) is 5.91 Å². The van der Waals surface area contributed by atoms with Crippen LogP contribution in [0.25, 0.3) is 0 Å². The average molecular weight is 434 g/mol. The smallest absolute Gasteiger partial charge is 0.263 e. The minimum Gasteiger partial charge on any atom is -0.490 e. The predicted molar refractivity (Wildman–Crippen MR) is 122 cm³/mol. The van der Waals surface area contributed by atoms with Crippen molar-refractivity contribution in [3.05, 3.63) is 81.3 Å². The quantitative estimate of drug-likeness (QED) is 0.593. The summed E-state index contributed by atoms with van der Waals surface area (Å²) >= 11 is 1.35. The van der Waals surface area contributed by atoms with E-state index in [1.165, 1.54) is 47.3 Å². The molecule has 2 heterocycles.